The van der Waals surface area contributed by atoms with Crippen molar-refractivity contribution in [2.45, 2.75) is 25.8 Å². The van der Waals surface area contributed by atoms with Gasteiger partial charge in [0.2, 0.25) is 5.88 Å². The van der Waals surface area contributed by atoms with Crippen LogP contribution >= 0.6 is 12.2 Å². The van der Waals surface area contributed by atoms with Crippen molar-refractivity contribution >= 4 is 28.7 Å². The van der Waals surface area contributed by atoms with Crippen LogP contribution in [0.2, 0.25) is 0 Å². The molecule has 25 heavy (non-hydrogen) atoms. The van der Waals surface area contributed by atoms with Crippen molar-refractivity contribution in [3.05, 3.63) is 48.2 Å². The molecule has 2 N–H and O–H groups in total. The summed E-state index contributed by atoms with van der Waals surface area (Å²) >= 11 is 5.40. The molecule has 1 aromatic carbocycles. The summed E-state index contributed by atoms with van der Waals surface area (Å²) in [7, 11) is 1.60. The molecule has 0 bridgehead atoms. The molecule has 1 aliphatic rings. The van der Waals surface area contributed by atoms with Crippen LogP contribution in [-0.4, -0.2) is 30.3 Å². The van der Waals surface area contributed by atoms with E-state index in [2.05, 4.69) is 51.7 Å². The molecule has 0 unspecified atom stereocenters. The molecule has 2 aromatic rings. The van der Waals surface area contributed by atoms with E-state index in [1.807, 2.05) is 6.07 Å². The molecule has 5 nitrogen and oxygen atoms in total. The molecule has 0 radical (unpaired) electrons. The Labute approximate surface area is 154 Å². The van der Waals surface area contributed by atoms with Crippen LogP contribution in [0, 0.1) is 0 Å². The average Bonchev–Trinajstić information content (AvgIpc) is 3.17. The predicted molar refractivity (Wildman–Crippen MR) is 106 cm³/mol. The Hall–Kier alpha value is -2.34. The minimum atomic E-state index is 0.124. The number of aromatic nitrogens is 1. The summed E-state index contributed by atoms with van der Waals surface area (Å²) in [5.74, 6) is 0.580. The molecular formula is C19H24N4OS. The highest BCUT2D eigenvalue weighted by molar-refractivity contribution is 7.80. The van der Waals surface area contributed by atoms with Crippen molar-refractivity contribution in [2.75, 3.05) is 30.4 Å². The molecule has 1 fully saturated rings. The zero-order valence-corrected chi connectivity index (χ0v) is 15.5. The van der Waals surface area contributed by atoms with Gasteiger partial charge in [-0.3, -0.25) is 0 Å². The maximum Gasteiger partial charge on any atom is 0.213 e. The molecule has 132 valence electrons. The van der Waals surface area contributed by atoms with Gasteiger partial charge in [0.1, 0.15) is 0 Å². The number of pyridine rings is 1. The molecule has 1 aromatic heterocycles. The number of hydrogen-bond donors (Lipinski definition) is 2. The highest BCUT2D eigenvalue weighted by atomic mass is 32.1. The summed E-state index contributed by atoms with van der Waals surface area (Å²) in [5, 5.41) is 7.03. The standard InChI is InChI=1S/C19H24N4OS/c1-14(15-5-8-17(9-6-15)23-11-3-4-12-23)21-19(25)22-16-7-10-18(24-2)20-13-16/h5-10,13-14H,3-4,11-12H2,1-2H3,(H2,21,22,25)/t14-/m1/s1. The number of anilines is 2. The maximum absolute atomic E-state index is 5.40. The van der Waals surface area contributed by atoms with Gasteiger partial charge in [-0.25, -0.2) is 4.98 Å². The van der Waals surface area contributed by atoms with Crippen LogP contribution in [0.1, 0.15) is 31.4 Å². The Bertz CT molecular complexity index is 696. The maximum atomic E-state index is 5.40. The molecule has 1 saturated heterocycles. The van der Waals surface area contributed by atoms with Crippen LogP contribution in [-0.2, 0) is 0 Å². The van der Waals surface area contributed by atoms with Crippen LogP contribution in [0.25, 0.3) is 0 Å². The van der Waals surface area contributed by atoms with Crippen molar-refractivity contribution in [3.63, 3.8) is 0 Å². The fourth-order valence-corrected chi connectivity index (χ4v) is 3.27. The van der Waals surface area contributed by atoms with Gasteiger partial charge in [-0.05, 0) is 55.7 Å². The molecule has 1 atom stereocenters. The van der Waals surface area contributed by atoms with Crippen LogP contribution in [0.4, 0.5) is 11.4 Å². The third-order valence-electron chi connectivity index (χ3n) is 4.42. The van der Waals surface area contributed by atoms with Gasteiger partial charge in [0.05, 0.1) is 25.0 Å². The van der Waals surface area contributed by atoms with E-state index in [0.717, 1.165) is 18.8 Å². The number of nitrogens with one attached hydrogen (secondary N) is 2. The zero-order valence-electron chi connectivity index (χ0n) is 14.7. The predicted octanol–water partition coefficient (Wildman–Crippen LogP) is 3.74. The first-order valence-electron chi connectivity index (χ1n) is 8.58. The SMILES string of the molecule is COc1ccc(NC(=S)N[C@H](C)c2ccc(N3CCCC3)cc2)cn1. The summed E-state index contributed by atoms with van der Waals surface area (Å²) in [5.41, 5.74) is 3.34. The first kappa shape index (κ1) is 17.5. The lowest BCUT2D eigenvalue weighted by atomic mass is 10.1. The molecule has 6 heteroatoms. The number of thiocarbonyl (C=S) groups is 1. The lowest BCUT2D eigenvalue weighted by Crippen LogP contribution is -2.31. The van der Waals surface area contributed by atoms with Crippen LogP contribution in [0.3, 0.4) is 0 Å². The molecule has 0 saturated carbocycles. The quantitative estimate of drug-likeness (QED) is 0.796. The van der Waals surface area contributed by atoms with E-state index >= 15 is 0 Å². The third-order valence-corrected chi connectivity index (χ3v) is 4.64. The Morgan fingerprint density at radius 2 is 1.88 bits per heavy atom. The van der Waals surface area contributed by atoms with Crippen molar-refractivity contribution in [1.29, 1.82) is 0 Å². The van der Waals surface area contributed by atoms with Crippen molar-refractivity contribution in [1.82, 2.24) is 10.3 Å². The topological polar surface area (TPSA) is 49.4 Å². The Kier molecular flexibility index (Phi) is 5.71. The number of hydrogen-bond acceptors (Lipinski definition) is 4. The molecule has 1 aliphatic heterocycles. The zero-order chi connectivity index (χ0) is 17.6. The van der Waals surface area contributed by atoms with Gasteiger partial charge in [-0.1, -0.05) is 12.1 Å². The summed E-state index contributed by atoms with van der Waals surface area (Å²) < 4.78 is 5.05. The number of rotatable bonds is 5. The number of ether oxygens (including phenoxy) is 1. The largest absolute Gasteiger partial charge is 0.481 e. The van der Waals surface area contributed by atoms with Gasteiger partial charge in [-0.15, -0.1) is 0 Å². The third kappa shape index (κ3) is 4.60. The molecular weight excluding hydrogens is 332 g/mol. The van der Waals surface area contributed by atoms with Gasteiger partial charge in [-0.2, -0.15) is 0 Å². The smallest absolute Gasteiger partial charge is 0.213 e. The lowest BCUT2D eigenvalue weighted by Gasteiger charge is -2.20. The Morgan fingerprint density at radius 1 is 1.16 bits per heavy atom. The molecule has 3 rings (SSSR count). The monoisotopic (exact) mass is 356 g/mol. The fraction of sp³-hybridized carbons (Fsp3) is 0.368. The van der Waals surface area contributed by atoms with Crippen LogP contribution < -0.4 is 20.3 Å². The molecule has 0 spiro atoms. The molecule has 0 aliphatic carbocycles. The lowest BCUT2D eigenvalue weighted by molar-refractivity contribution is 0.398. The van der Waals surface area contributed by atoms with Crippen LogP contribution in [0.15, 0.2) is 42.6 Å². The normalized spacial score (nSPS) is 14.9. The first-order valence-corrected chi connectivity index (χ1v) is 8.99. The Balaban J connectivity index is 1.55. The second-order valence-corrected chi connectivity index (χ2v) is 6.60. The highest BCUT2D eigenvalue weighted by Gasteiger charge is 2.13. The summed E-state index contributed by atoms with van der Waals surface area (Å²) in [6.07, 6.45) is 4.28. The fourth-order valence-electron chi connectivity index (χ4n) is 2.97. The van der Waals surface area contributed by atoms with Crippen molar-refractivity contribution < 1.29 is 4.74 Å². The second kappa shape index (κ2) is 8.16. The van der Waals surface area contributed by atoms with Crippen molar-refractivity contribution in [3.8, 4) is 5.88 Å². The summed E-state index contributed by atoms with van der Waals surface area (Å²) in [4.78, 5) is 6.59. The minimum absolute atomic E-state index is 0.124. The van der Waals surface area contributed by atoms with E-state index in [0.29, 0.717) is 11.0 Å². The highest BCUT2D eigenvalue weighted by Crippen LogP contribution is 2.22. The van der Waals surface area contributed by atoms with E-state index < -0.39 is 0 Å². The van der Waals surface area contributed by atoms with E-state index in [-0.39, 0.29) is 6.04 Å². The molecule has 2 heterocycles. The van der Waals surface area contributed by atoms with E-state index in [1.165, 1.54) is 24.1 Å². The van der Waals surface area contributed by atoms with E-state index in [1.54, 1.807) is 19.4 Å². The van der Waals surface area contributed by atoms with Gasteiger partial charge < -0.3 is 20.3 Å². The van der Waals surface area contributed by atoms with E-state index in [9.17, 15) is 0 Å². The number of nitrogens with zero attached hydrogens (tertiary/aromatic N) is 2. The molecule has 0 amide bonds. The summed E-state index contributed by atoms with van der Waals surface area (Å²) in [6, 6.07) is 12.5. The van der Waals surface area contributed by atoms with Crippen molar-refractivity contribution in [2.24, 2.45) is 0 Å². The van der Waals surface area contributed by atoms with Gasteiger partial charge in [0.25, 0.3) is 0 Å². The van der Waals surface area contributed by atoms with Crippen LogP contribution in [0.5, 0.6) is 5.88 Å². The van der Waals surface area contributed by atoms with Gasteiger partial charge >= 0.3 is 0 Å². The van der Waals surface area contributed by atoms with Gasteiger partial charge in [0, 0.05) is 24.8 Å². The minimum Gasteiger partial charge on any atom is -0.481 e. The van der Waals surface area contributed by atoms with E-state index in [4.69, 9.17) is 17.0 Å². The second-order valence-electron chi connectivity index (χ2n) is 6.20. The average molecular weight is 356 g/mol. The Morgan fingerprint density at radius 3 is 2.48 bits per heavy atom. The first-order chi connectivity index (χ1) is 12.2. The summed E-state index contributed by atoms with van der Waals surface area (Å²) in [6.45, 7) is 4.43. The number of benzene rings is 1. The number of methoxy groups -OCH3 is 1. The van der Waals surface area contributed by atoms with Gasteiger partial charge in [0.15, 0.2) is 5.11 Å².